The molecule has 2 amide bonds. The SMILES string of the molecule is CCCNC(=O)c1cccc(-c2ccc3sc(NC(=O)C(C)(C)C)nc3c2)c1. The molecular weight excluding hydrogens is 370 g/mol. The Labute approximate surface area is 169 Å². The number of aromatic nitrogens is 1. The molecule has 0 aliphatic heterocycles. The number of carbonyl (C=O) groups excluding carboxylic acids is 2. The number of rotatable bonds is 5. The third-order valence-corrected chi connectivity index (χ3v) is 5.23. The van der Waals surface area contributed by atoms with Crippen LogP contribution in [0.3, 0.4) is 0 Å². The van der Waals surface area contributed by atoms with Crippen LogP contribution < -0.4 is 10.6 Å². The number of hydrogen-bond donors (Lipinski definition) is 2. The second-order valence-electron chi connectivity index (χ2n) is 7.74. The van der Waals surface area contributed by atoms with Crippen molar-refractivity contribution in [2.45, 2.75) is 34.1 Å². The minimum atomic E-state index is -0.470. The van der Waals surface area contributed by atoms with E-state index in [9.17, 15) is 9.59 Å². The number of benzene rings is 2. The molecule has 2 N–H and O–H groups in total. The van der Waals surface area contributed by atoms with Crippen LogP contribution in [0.15, 0.2) is 42.5 Å². The van der Waals surface area contributed by atoms with Crippen molar-refractivity contribution in [2.75, 3.05) is 11.9 Å². The number of thiazole rings is 1. The summed E-state index contributed by atoms with van der Waals surface area (Å²) < 4.78 is 1.00. The maximum atomic E-state index is 12.2. The Balaban J connectivity index is 1.86. The average molecular weight is 396 g/mol. The average Bonchev–Trinajstić information content (AvgIpc) is 3.06. The molecule has 3 rings (SSSR count). The van der Waals surface area contributed by atoms with Gasteiger partial charge in [0.25, 0.3) is 5.91 Å². The van der Waals surface area contributed by atoms with Gasteiger partial charge in [0.2, 0.25) is 5.91 Å². The van der Waals surface area contributed by atoms with Gasteiger partial charge in [-0.15, -0.1) is 0 Å². The molecule has 0 atom stereocenters. The summed E-state index contributed by atoms with van der Waals surface area (Å²) >= 11 is 1.46. The molecule has 28 heavy (non-hydrogen) atoms. The Kier molecular flexibility index (Phi) is 5.79. The molecule has 0 saturated carbocycles. The third kappa shape index (κ3) is 4.57. The van der Waals surface area contributed by atoms with Crippen molar-refractivity contribution in [2.24, 2.45) is 5.41 Å². The fraction of sp³-hybridized carbons (Fsp3) is 0.318. The highest BCUT2D eigenvalue weighted by atomic mass is 32.1. The molecule has 0 unspecified atom stereocenters. The van der Waals surface area contributed by atoms with Crippen molar-refractivity contribution in [3.8, 4) is 11.1 Å². The minimum absolute atomic E-state index is 0.0578. The number of nitrogens with one attached hydrogen (secondary N) is 2. The molecule has 0 radical (unpaired) electrons. The largest absolute Gasteiger partial charge is 0.352 e. The molecule has 5 nitrogen and oxygen atoms in total. The summed E-state index contributed by atoms with van der Waals surface area (Å²) in [5.41, 5.74) is 2.94. The molecule has 1 aromatic heterocycles. The van der Waals surface area contributed by atoms with E-state index in [1.54, 1.807) is 0 Å². The summed E-state index contributed by atoms with van der Waals surface area (Å²) in [4.78, 5) is 29.0. The van der Waals surface area contributed by atoms with Gasteiger partial charge in [-0.05, 0) is 41.8 Å². The van der Waals surface area contributed by atoms with Gasteiger partial charge in [-0.2, -0.15) is 0 Å². The molecule has 2 aromatic carbocycles. The molecule has 0 saturated heterocycles. The Hall–Kier alpha value is -2.73. The van der Waals surface area contributed by atoms with E-state index in [4.69, 9.17) is 0 Å². The molecule has 0 bridgehead atoms. The first kappa shape index (κ1) is 20.0. The van der Waals surface area contributed by atoms with Crippen LogP contribution >= 0.6 is 11.3 Å². The summed E-state index contributed by atoms with van der Waals surface area (Å²) in [7, 11) is 0. The van der Waals surface area contributed by atoms with Gasteiger partial charge < -0.3 is 10.6 Å². The quantitative estimate of drug-likeness (QED) is 0.632. The summed E-state index contributed by atoms with van der Waals surface area (Å²) in [5, 5.41) is 6.39. The predicted molar refractivity (Wildman–Crippen MR) is 116 cm³/mol. The van der Waals surface area contributed by atoms with E-state index in [-0.39, 0.29) is 11.8 Å². The lowest BCUT2D eigenvalue weighted by atomic mass is 9.96. The summed E-state index contributed by atoms with van der Waals surface area (Å²) in [6, 6.07) is 13.6. The first-order valence-electron chi connectivity index (χ1n) is 9.38. The molecule has 0 spiro atoms. The lowest BCUT2D eigenvalue weighted by Crippen LogP contribution is -2.27. The van der Waals surface area contributed by atoms with E-state index in [2.05, 4.69) is 15.6 Å². The molecular formula is C22H25N3O2S. The van der Waals surface area contributed by atoms with Gasteiger partial charge in [-0.25, -0.2) is 4.98 Å². The molecule has 3 aromatic rings. The molecule has 6 heteroatoms. The predicted octanol–water partition coefficient (Wildman–Crippen LogP) is 5.09. The fourth-order valence-corrected chi connectivity index (χ4v) is 3.47. The second-order valence-corrected chi connectivity index (χ2v) is 8.77. The normalized spacial score (nSPS) is 11.4. The van der Waals surface area contributed by atoms with Gasteiger partial charge in [0.1, 0.15) is 0 Å². The Bertz CT molecular complexity index is 1020. The smallest absolute Gasteiger partial charge is 0.251 e. The van der Waals surface area contributed by atoms with Crippen LogP contribution in [-0.4, -0.2) is 23.3 Å². The highest BCUT2D eigenvalue weighted by molar-refractivity contribution is 7.22. The summed E-state index contributed by atoms with van der Waals surface area (Å²) in [6.07, 6.45) is 0.903. The van der Waals surface area contributed by atoms with Crippen LogP contribution in [0.4, 0.5) is 5.13 Å². The lowest BCUT2D eigenvalue weighted by molar-refractivity contribution is -0.123. The minimum Gasteiger partial charge on any atom is -0.352 e. The highest BCUT2D eigenvalue weighted by Crippen LogP contribution is 2.31. The zero-order valence-corrected chi connectivity index (χ0v) is 17.4. The molecule has 0 aliphatic rings. The van der Waals surface area contributed by atoms with Crippen LogP contribution in [0.5, 0.6) is 0 Å². The van der Waals surface area contributed by atoms with E-state index in [1.807, 2.05) is 70.2 Å². The number of nitrogens with zero attached hydrogens (tertiary/aromatic N) is 1. The number of carbonyl (C=O) groups is 2. The Morgan fingerprint density at radius 1 is 1.07 bits per heavy atom. The Morgan fingerprint density at radius 2 is 1.82 bits per heavy atom. The highest BCUT2D eigenvalue weighted by Gasteiger charge is 2.22. The first-order valence-corrected chi connectivity index (χ1v) is 10.2. The van der Waals surface area contributed by atoms with Crippen molar-refractivity contribution in [1.29, 1.82) is 0 Å². The molecule has 146 valence electrons. The van der Waals surface area contributed by atoms with Crippen LogP contribution in [0.1, 0.15) is 44.5 Å². The van der Waals surface area contributed by atoms with Crippen LogP contribution in [0.2, 0.25) is 0 Å². The first-order chi connectivity index (χ1) is 13.3. The van der Waals surface area contributed by atoms with Crippen LogP contribution in [0.25, 0.3) is 21.3 Å². The number of amides is 2. The third-order valence-electron chi connectivity index (χ3n) is 4.28. The van der Waals surface area contributed by atoms with Gasteiger partial charge in [-0.3, -0.25) is 9.59 Å². The van der Waals surface area contributed by atoms with Crippen molar-refractivity contribution in [3.05, 3.63) is 48.0 Å². The van der Waals surface area contributed by atoms with Crippen molar-refractivity contribution in [1.82, 2.24) is 10.3 Å². The van der Waals surface area contributed by atoms with E-state index < -0.39 is 5.41 Å². The van der Waals surface area contributed by atoms with E-state index in [1.165, 1.54) is 11.3 Å². The number of hydrogen-bond acceptors (Lipinski definition) is 4. The lowest BCUT2D eigenvalue weighted by Gasteiger charge is -2.15. The number of fused-ring (bicyclic) bond motifs is 1. The molecule has 1 heterocycles. The van der Waals surface area contributed by atoms with E-state index in [0.29, 0.717) is 17.2 Å². The van der Waals surface area contributed by atoms with Gasteiger partial charge in [0, 0.05) is 17.5 Å². The standard InChI is InChI=1S/C22H25N3O2S/c1-5-11-23-19(26)16-8-6-7-14(12-16)15-9-10-18-17(13-15)24-21(28-18)25-20(27)22(2,3)4/h6-10,12-13H,5,11H2,1-4H3,(H,23,26)(H,24,25,27). The topological polar surface area (TPSA) is 71.1 Å². The maximum Gasteiger partial charge on any atom is 0.251 e. The van der Waals surface area contributed by atoms with Gasteiger partial charge in [0.15, 0.2) is 5.13 Å². The van der Waals surface area contributed by atoms with Gasteiger partial charge in [0.05, 0.1) is 10.2 Å². The molecule has 0 aliphatic carbocycles. The van der Waals surface area contributed by atoms with Gasteiger partial charge in [-0.1, -0.05) is 57.2 Å². The van der Waals surface area contributed by atoms with Crippen molar-refractivity contribution in [3.63, 3.8) is 0 Å². The van der Waals surface area contributed by atoms with Crippen LogP contribution in [0, 0.1) is 5.41 Å². The van der Waals surface area contributed by atoms with Crippen LogP contribution in [-0.2, 0) is 4.79 Å². The fourth-order valence-electron chi connectivity index (χ4n) is 2.63. The number of anilines is 1. The second kappa shape index (κ2) is 8.10. The van der Waals surface area contributed by atoms with Crippen molar-refractivity contribution < 1.29 is 9.59 Å². The van der Waals surface area contributed by atoms with E-state index >= 15 is 0 Å². The zero-order valence-electron chi connectivity index (χ0n) is 16.6. The van der Waals surface area contributed by atoms with Gasteiger partial charge >= 0.3 is 0 Å². The Morgan fingerprint density at radius 3 is 2.54 bits per heavy atom. The van der Waals surface area contributed by atoms with E-state index in [0.717, 1.165) is 27.8 Å². The zero-order chi connectivity index (χ0) is 20.3. The van der Waals surface area contributed by atoms with Crippen molar-refractivity contribution >= 4 is 38.5 Å². The molecule has 0 fully saturated rings. The summed E-state index contributed by atoms with van der Waals surface area (Å²) in [6.45, 7) is 8.31. The maximum absolute atomic E-state index is 12.2. The summed E-state index contributed by atoms with van der Waals surface area (Å²) in [5.74, 6) is -0.122. The monoisotopic (exact) mass is 395 g/mol.